The van der Waals surface area contributed by atoms with Crippen LogP contribution in [0, 0.1) is 0 Å². The number of benzene rings is 1. The van der Waals surface area contributed by atoms with Crippen LogP contribution < -0.4 is 10.4 Å². The van der Waals surface area contributed by atoms with Crippen molar-refractivity contribution in [2.24, 2.45) is 0 Å². The first-order chi connectivity index (χ1) is 6.77. The molecule has 0 bridgehead atoms. The number of hydrogen-bond acceptors (Lipinski definition) is 4. The van der Waals surface area contributed by atoms with Gasteiger partial charge < -0.3 is 9.90 Å². The highest BCUT2D eigenvalue weighted by atomic mass is 32.2. The Bertz CT molecular complexity index is 328. The third-order valence-corrected chi connectivity index (χ3v) is 3.44. The van der Waals surface area contributed by atoms with E-state index in [1.165, 1.54) is 0 Å². The largest absolute Gasteiger partial charge is 0.548 e. The number of thioether (sulfide) groups is 1. The van der Waals surface area contributed by atoms with Crippen molar-refractivity contribution >= 4 is 17.7 Å². The van der Waals surface area contributed by atoms with Crippen LogP contribution in [0.3, 0.4) is 0 Å². The summed E-state index contributed by atoms with van der Waals surface area (Å²) in [6.07, 6.45) is 0. The zero-order chi connectivity index (χ0) is 9.97. The van der Waals surface area contributed by atoms with Crippen molar-refractivity contribution in [1.29, 1.82) is 0 Å². The van der Waals surface area contributed by atoms with Crippen LogP contribution in [0.2, 0.25) is 0 Å². The van der Waals surface area contributed by atoms with Gasteiger partial charge in [-0.3, -0.25) is 5.32 Å². The molecule has 0 amide bonds. The summed E-state index contributed by atoms with van der Waals surface area (Å²) < 4.78 is 0. The maximum absolute atomic E-state index is 10.6. The molecule has 0 aromatic heterocycles. The van der Waals surface area contributed by atoms with Gasteiger partial charge in [-0.2, -0.15) is 0 Å². The Kier molecular flexibility index (Phi) is 2.74. The third kappa shape index (κ3) is 1.91. The van der Waals surface area contributed by atoms with E-state index in [4.69, 9.17) is 0 Å². The van der Waals surface area contributed by atoms with Gasteiger partial charge in [-0.15, -0.1) is 11.8 Å². The van der Waals surface area contributed by atoms with Gasteiger partial charge in [0.05, 0.1) is 17.4 Å². The summed E-state index contributed by atoms with van der Waals surface area (Å²) in [5.74, 6) is -0.446. The van der Waals surface area contributed by atoms with E-state index in [-0.39, 0.29) is 5.37 Å². The van der Waals surface area contributed by atoms with E-state index < -0.39 is 12.0 Å². The lowest BCUT2D eigenvalue weighted by atomic mass is 10.2. The fourth-order valence-electron chi connectivity index (χ4n) is 1.43. The highest BCUT2D eigenvalue weighted by Crippen LogP contribution is 2.32. The molecule has 0 saturated carbocycles. The second kappa shape index (κ2) is 4.02. The molecule has 1 aliphatic heterocycles. The van der Waals surface area contributed by atoms with Crippen LogP contribution in [0.1, 0.15) is 10.9 Å². The van der Waals surface area contributed by atoms with Gasteiger partial charge in [0.2, 0.25) is 0 Å². The number of hydrogen-bond donors (Lipinski definition) is 1. The summed E-state index contributed by atoms with van der Waals surface area (Å²) in [6, 6.07) is 9.29. The van der Waals surface area contributed by atoms with E-state index in [0.29, 0.717) is 5.75 Å². The van der Waals surface area contributed by atoms with Gasteiger partial charge in [0.1, 0.15) is 0 Å². The van der Waals surface area contributed by atoms with Crippen LogP contribution >= 0.6 is 11.8 Å². The standard InChI is InChI=1S/C10H11NO2S/c12-10(13)8-6-14-9(11-8)7-4-2-1-3-5-7/h1-5,8-9,11H,6H2,(H,12,13)/p-1/t8-,9?/m0/s1. The Morgan fingerprint density at radius 3 is 2.71 bits per heavy atom. The van der Waals surface area contributed by atoms with Crippen LogP contribution in [-0.4, -0.2) is 17.8 Å². The fraction of sp³-hybridized carbons (Fsp3) is 0.300. The Labute approximate surface area is 86.5 Å². The fourth-order valence-corrected chi connectivity index (χ4v) is 2.66. The van der Waals surface area contributed by atoms with E-state index in [1.807, 2.05) is 30.3 Å². The molecule has 74 valence electrons. The minimum absolute atomic E-state index is 0.0825. The maximum Gasteiger partial charge on any atom is 0.0795 e. The monoisotopic (exact) mass is 208 g/mol. The molecule has 1 unspecified atom stereocenters. The quantitative estimate of drug-likeness (QED) is 0.751. The molecule has 0 spiro atoms. The zero-order valence-electron chi connectivity index (χ0n) is 7.47. The van der Waals surface area contributed by atoms with Gasteiger partial charge in [0, 0.05) is 5.75 Å². The lowest BCUT2D eigenvalue weighted by Crippen LogP contribution is -2.43. The van der Waals surface area contributed by atoms with Gasteiger partial charge >= 0.3 is 0 Å². The summed E-state index contributed by atoms with van der Waals surface area (Å²) >= 11 is 1.60. The van der Waals surface area contributed by atoms with Gasteiger partial charge in [0.25, 0.3) is 0 Å². The van der Waals surface area contributed by atoms with Crippen LogP contribution in [0.4, 0.5) is 0 Å². The highest BCUT2D eigenvalue weighted by molar-refractivity contribution is 7.99. The molecule has 3 nitrogen and oxygen atoms in total. The average molecular weight is 208 g/mol. The topological polar surface area (TPSA) is 52.2 Å². The molecule has 1 aromatic rings. The lowest BCUT2D eigenvalue weighted by molar-refractivity contribution is -0.307. The lowest BCUT2D eigenvalue weighted by Gasteiger charge is -2.13. The van der Waals surface area contributed by atoms with Crippen molar-refractivity contribution in [2.45, 2.75) is 11.4 Å². The summed E-state index contributed by atoms with van der Waals surface area (Å²) in [5, 5.41) is 13.7. The zero-order valence-corrected chi connectivity index (χ0v) is 8.29. The Morgan fingerprint density at radius 2 is 2.14 bits per heavy atom. The normalized spacial score (nSPS) is 26.3. The summed E-state index contributed by atoms with van der Waals surface area (Å²) in [6.45, 7) is 0. The number of rotatable bonds is 2. The molecular formula is C10H10NO2S-. The van der Waals surface area contributed by atoms with Gasteiger partial charge in [-0.1, -0.05) is 30.3 Å². The Morgan fingerprint density at radius 1 is 1.43 bits per heavy atom. The van der Waals surface area contributed by atoms with E-state index in [9.17, 15) is 9.90 Å². The van der Waals surface area contributed by atoms with Crippen LogP contribution in [0.15, 0.2) is 30.3 Å². The molecule has 1 heterocycles. The molecule has 2 rings (SSSR count). The number of carbonyl (C=O) groups is 1. The molecule has 1 fully saturated rings. The first-order valence-corrected chi connectivity index (χ1v) is 5.46. The molecule has 0 radical (unpaired) electrons. The number of carboxylic acid groups (broad SMARTS) is 1. The molecule has 4 heteroatoms. The minimum Gasteiger partial charge on any atom is -0.548 e. The summed E-state index contributed by atoms with van der Waals surface area (Å²) in [4.78, 5) is 10.6. The molecule has 2 atom stereocenters. The van der Waals surface area contributed by atoms with Crippen molar-refractivity contribution in [3.63, 3.8) is 0 Å². The predicted molar refractivity (Wildman–Crippen MR) is 53.6 cm³/mol. The predicted octanol–water partition coefficient (Wildman–Crippen LogP) is 0.140. The number of carboxylic acids is 1. The summed E-state index contributed by atoms with van der Waals surface area (Å²) in [5.41, 5.74) is 1.11. The second-order valence-electron chi connectivity index (χ2n) is 3.16. The van der Waals surface area contributed by atoms with Gasteiger partial charge in [0.15, 0.2) is 0 Å². The van der Waals surface area contributed by atoms with Crippen LogP contribution in [-0.2, 0) is 4.79 Å². The van der Waals surface area contributed by atoms with Gasteiger partial charge in [-0.05, 0) is 5.56 Å². The van der Waals surface area contributed by atoms with Crippen molar-refractivity contribution in [1.82, 2.24) is 5.32 Å². The molecule has 1 N–H and O–H groups in total. The van der Waals surface area contributed by atoms with Crippen LogP contribution in [0.25, 0.3) is 0 Å². The molecule has 1 aliphatic rings. The number of aliphatic carboxylic acids is 1. The third-order valence-electron chi connectivity index (χ3n) is 2.17. The number of nitrogens with one attached hydrogen (secondary N) is 1. The van der Waals surface area contributed by atoms with Crippen molar-refractivity contribution in [2.75, 3.05) is 5.75 Å². The highest BCUT2D eigenvalue weighted by Gasteiger charge is 2.25. The smallest absolute Gasteiger partial charge is 0.0795 e. The van der Waals surface area contributed by atoms with Crippen molar-refractivity contribution in [3.8, 4) is 0 Å². The second-order valence-corrected chi connectivity index (χ2v) is 4.30. The van der Waals surface area contributed by atoms with Crippen LogP contribution in [0.5, 0.6) is 0 Å². The Hall–Kier alpha value is -1.00. The first-order valence-electron chi connectivity index (χ1n) is 4.41. The molecule has 1 saturated heterocycles. The van der Waals surface area contributed by atoms with E-state index in [2.05, 4.69) is 5.32 Å². The molecule has 1 aromatic carbocycles. The van der Waals surface area contributed by atoms with Crippen molar-refractivity contribution < 1.29 is 9.90 Å². The first kappa shape index (κ1) is 9.55. The summed E-state index contributed by atoms with van der Waals surface area (Å²) in [7, 11) is 0. The maximum atomic E-state index is 10.6. The molecule has 14 heavy (non-hydrogen) atoms. The van der Waals surface area contributed by atoms with E-state index in [1.54, 1.807) is 11.8 Å². The van der Waals surface area contributed by atoms with E-state index in [0.717, 1.165) is 5.56 Å². The van der Waals surface area contributed by atoms with E-state index >= 15 is 0 Å². The Balaban J connectivity index is 2.06. The SMILES string of the molecule is O=C([O-])[C@@H]1CSC(c2ccccc2)N1. The minimum atomic E-state index is -1.02. The average Bonchev–Trinajstić information content (AvgIpc) is 2.68. The molecular weight excluding hydrogens is 198 g/mol. The molecule has 0 aliphatic carbocycles. The number of carbonyl (C=O) groups excluding carboxylic acids is 1. The van der Waals surface area contributed by atoms with Gasteiger partial charge in [-0.25, -0.2) is 0 Å². The van der Waals surface area contributed by atoms with Crippen molar-refractivity contribution in [3.05, 3.63) is 35.9 Å².